The van der Waals surface area contributed by atoms with Crippen LogP contribution in [0.5, 0.6) is 17.2 Å². The predicted molar refractivity (Wildman–Crippen MR) is 165 cm³/mol. The fourth-order valence-electron chi connectivity index (χ4n) is 4.47. The second-order valence-corrected chi connectivity index (χ2v) is 9.97. The Labute approximate surface area is 247 Å². The molecule has 1 amide bonds. The molecule has 2 aromatic heterocycles. The van der Waals surface area contributed by atoms with Crippen LogP contribution in [0.1, 0.15) is 66.0 Å². The lowest BCUT2D eigenvalue weighted by Gasteiger charge is -2.20. The third kappa shape index (κ3) is 7.51. The van der Waals surface area contributed by atoms with Crippen LogP contribution in [0.25, 0.3) is 5.69 Å². The average molecular weight is 570 g/mol. The summed E-state index contributed by atoms with van der Waals surface area (Å²) in [4.78, 5) is 12.7. The number of allylic oxidation sites excluding steroid dienone is 1. The highest BCUT2D eigenvalue weighted by Crippen LogP contribution is 2.34. The quantitative estimate of drug-likeness (QED) is 0.0976. The summed E-state index contributed by atoms with van der Waals surface area (Å²) in [6, 6.07) is 19.2. The lowest BCUT2D eigenvalue weighted by atomic mass is 10.1. The van der Waals surface area contributed by atoms with Gasteiger partial charge >= 0.3 is 5.91 Å². The van der Waals surface area contributed by atoms with Crippen LogP contribution in [0.2, 0.25) is 0 Å². The Morgan fingerprint density at radius 2 is 1.79 bits per heavy atom. The van der Waals surface area contributed by atoms with Gasteiger partial charge in [0.1, 0.15) is 18.1 Å². The van der Waals surface area contributed by atoms with Gasteiger partial charge < -0.3 is 23.2 Å². The summed E-state index contributed by atoms with van der Waals surface area (Å²) in [7, 11) is 0. The van der Waals surface area contributed by atoms with E-state index in [1.165, 1.54) is 11.4 Å². The van der Waals surface area contributed by atoms with Crippen LogP contribution in [0, 0.1) is 13.8 Å². The van der Waals surface area contributed by atoms with Crippen LogP contribution in [-0.4, -0.2) is 29.4 Å². The van der Waals surface area contributed by atoms with Crippen molar-refractivity contribution in [1.29, 1.82) is 0 Å². The Balaban J connectivity index is 1.37. The van der Waals surface area contributed by atoms with Crippen molar-refractivity contribution in [3.05, 3.63) is 107 Å². The molecule has 1 atom stereocenters. The molecule has 42 heavy (non-hydrogen) atoms. The first-order valence-electron chi connectivity index (χ1n) is 14.2. The standard InChI is InChI=1S/C34H39N3O5/c1-7-10-27-19-26(20-32(39-9-3)33(27)41-25(6)8-2)21-35-36-34(38)31-18-17-30(42-31)22-40-29-15-13-28(14-16-29)37-23(4)11-12-24(37)5/h7,11-21,25H,1,8-10,22H2,2-6H3,(H,36,38)/b35-21+/t25-/m1/s1. The average Bonchev–Trinajstić information content (AvgIpc) is 3.60. The Morgan fingerprint density at radius 3 is 2.45 bits per heavy atom. The van der Waals surface area contributed by atoms with E-state index in [1.807, 2.05) is 56.3 Å². The zero-order valence-electron chi connectivity index (χ0n) is 25.0. The number of amides is 1. The van der Waals surface area contributed by atoms with E-state index in [1.54, 1.807) is 18.3 Å². The zero-order chi connectivity index (χ0) is 30.1. The first-order valence-corrected chi connectivity index (χ1v) is 14.2. The highest BCUT2D eigenvalue weighted by molar-refractivity contribution is 5.92. The van der Waals surface area contributed by atoms with E-state index in [9.17, 15) is 4.79 Å². The normalized spacial score (nSPS) is 11.8. The molecule has 2 heterocycles. The van der Waals surface area contributed by atoms with E-state index in [4.69, 9.17) is 18.6 Å². The minimum Gasteiger partial charge on any atom is -0.490 e. The van der Waals surface area contributed by atoms with E-state index in [0.29, 0.717) is 36.0 Å². The smallest absolute Gasteiger partial charge is 0.307 e. The maximum atomic E-state index is 12.7. The molecule has 4 rings (SSSR count). The van der Waals surface area contributed by atoms with Crippen molar-refractivity contribution in [2.24, 2.45) is 5.10 Å². The Morgan fingerprint density at radius 1 is 1.05 bits per heavy atom. The third-order valence-corrected chi connectivity index (χ3v) is 6.72. The number of aromatic nitrogens is 1. The van der Waals surface area contributed by atoms with E-state index in [0.717, 1.165) is 23.2 Å². The van der Waals surface area contributed by atoms with Gasteiger partial charge in [-0.1, -0.05) is 13.0 Å². The molecule has 0 fully saturated rings. The van der Waals surface area contributed by atoms with Gasteiger partial charge in [0.25, 0.3) is 0 Å². The fraction of sp³-hybridized carbons (Fsp3) is 0.294. The topological polar surface area (TPSA) is 87.2 Å². The molecule has 0 spiro atoms. The van der Waals surface area contributed by atoms with Gasteiger partial charge in [-0.15, -0.1) is 6.58 Å². The molecule has 0 radical (unpaired) electrons. The van der Waals surface area contributed by atoms with Crippen LogP contribution in [0.4, 0.5) is 0 Å². The number of ether oxygens (including phenoxy) is 3. The number of hydrogen-bond acceptors (Lipinski definition) is 6. The zero-order valence-corrected chi connectivity index (χ0v) is 25.0. The molecule has 0 saturated heterocycles. The lowest BCUT2D eigenvalue weighted by Crippen LogP contribution is -2.17. The summed E-state index contributed by atoms with van der Waals surface area (Å²) >= 11 is 0. The molecule has 4 aromatic rings. The molecular weight excluding hydrogens is 530 g/mol. The van der Waals surface area contributed by atoms with Crippen LogP contribution >= 0.6 is 0 Å². The van der Waals surface area contributed by atoms with Crippen molar-refractivity contribution < 1.29 is 23.4 Å². The van der Waals surface area contributed by atoms with Crippen LogP contribution in [0.3, 0.4) is 0 Å². The SMILES string of the molecule is C=CCc1cc(/C=N/NC(=O)c2ccc(COc3ccc(-n4c(C)ccc4C)cc3)o2)cc(OCC)c1O[C@H](C)CC. The fourth-order valence-corrected chi connectivity index (χ4v) is 4.47. The largest absolute Gasteiger partial charge is 0.490 e. The Hall–Kier alpha value is -4.72. The van der Waals surface area contributed by atoms with Crippen molar-refractivity contribution in [3.8, 4) is 22.9 Å². The molecule has 8 heteroatoms. The van der Waals surface area contributed by atoms with E-state index >= 15 is 0 Å². The molecule has 8 nitrogen and oxygen atoms in total. The number of carbonyl (C=O) groups is 1. The predicted octanol–water partition coefficient (Wildman–Crippen LogP) is 7.33. The third-order valence-electron chi connectivity index (χ3n) is 6.72. The first-order chi connectivity index (χ1) is 20.3. The number of carbonyl (C=O) groups excluding carboxylic acids is 1. The molecule has 0 aliphatic carbocycles. The number of nitrogens with one attached hydrogen (secondary N) is 1. The second kappa shape index (κ2) is 14.3. The summed E-state index contributed by atoms with van der Waals surface area (Å²) in [6.45, 7) is 14.7. The second-order valence-electron chi connectivity index (χ2n) is 9.97. The Bertz CT molecular complexity index is 1510. The minimum absolute atomic E-state index is 0.0412. The van der Waals surface area contributed by atoms with Crippen molar-refractivity contribution in [3.63, 3.8) is 0 Å². The molecule has 220 valence electrons. The first kappa shape index (κ1) is 30.2. The van der Waals surface area contributed by atoms with Gasteiger partial charge in [-0.25, -0.2) is 5.43 Å². The van der Waals surface area contributed by atoms with Crippen LogP contribution in [0.15, 0.2) is 82.8 Å². The number of benzene rings is 2. The molecule has 2 aromatic carbocycles. The number of furan rings is 1. The van der Waals surface area contributed by atoms with Gasteiger partial charge in [0.2, 0.25) is 0 Å². The summed E-state index contributed by atoms with van der Waals surface area (Å²) < 4.78 is 25.7. The number of hydrazone groups is 1. The maximum absolute atomic E-state index is 12.7. The van der Waals surface area contributed by atoms with Gasteiger partial charge in [-0.3, -0.25) is 4.79 Å². The summed E-state index contributed by atoms with van der Waals surface area (Å²) in [5, 5.41) is 4.13. The van der Waals surface area contributed by atoms with Gasteiger partial charge in [0.05, 0.1) is 18.9 Å². The highest BCUT2D eigenvalue weighted by atomic mass is 16.5. The summed E-state index contributed by atoms with van der Waals surface area (Å²) in [5.74, 6) is 2.24. The number of hydrogen-bond donors (Lipinski definition) is 1. The van der Waals surface area contributed by atoms with Crippen molar-refractivity contribution in [2.45, 2.75) is 60.2 Å². The summed E-state index contributed by atoms with van der Waals surface area (Å²) in [6.07, 6.45) is 4.90. The van der Waals surface area contributed by atoms with Gasteiger partial charge in [-0.05, 0) is 107 Å². The van der Waals surface area contributed by atoms with Crippen molar-refractivity contribution in [1.82, 2.24) is 9.99 Å². The molecule has 0 aliphatic rings. The van der Waals surface area contributed by atoms with Crippen molar-refractivity contribution >= 4 is 12.1 Å². The number of rotatable bonds is 14. The minimum atomic E-state index is -0.465. The van der Waals surface area contributed by atoms with Crippen LogP contribution < -0.4 is 19.6 Å². The van der Waals surface area contributed by atoms with Gasteiger partial charge in [0.15, 0.2) is 17.3 Å². The number of aryl methyl sites for hydroxylation is 2. The van der Waals surface area contributed by atoms with Gasteiger partial charge in [-0.2, -0.15) is 5.10 Å². The molecular formula is C34H39N3O5. The molecule has 0 saturated carbocycles. The van der Waals surface area contributed by atoms with E-state index in [2.05, 4.69) is 54.6 Å². The van der Waals surface area contributed by atoms with Crippen LogP contribution in [-0.2, 0) is 13.0 Å². The lowest BCUT2D eigenvalue weighted by molar-refractivity contribution is 0.0923. The van der Waals surface area contributed by atoms with E-state index in [-0.39, 0.29) is 18.5 Å². The monoisotopic (exact) mass is 569 g/mol. The molecule has 1 N–H and O–H groups in total. The number of nitrogens with zero attached hydrogens (tertiary/aromatic N) is 2. The molecule has 0 bridgehead atoms. The molecule has 0 unspecified atom stereocenters. The van der Waals surface area contributed by atoms with Gasteiger partial charge in [0, 0.05) is 22.6 Å². The maximum Gasteiger partial charge on any atom is 0.307 e. The Kier molecular flexibility index (Phi) is 10.3. The van der Waals surface area contributed by atoms with Crippen molar-refractivity contribution in [2.75, 3.05) is 6.61 Å². The molecule has 0 aliphatic heterocycles. The highest BCUT2D eigenvalue weighted by Gasteiger charge is 2.16. The van der Waals surface area contributed by atoms with E-state index < -0.39 is 5.91 Å². The summed E-state index contributed by atoms with van der Waals surface area (Å²) in [5.41, 5.74) is 7.63.